The molecule has 0 radical (unpaired) electrons. The van der Waals surface area contributed by atoms with Crippen LogP contribution in [0.3, 0.4) is 0 Å². The lowest BCUT2D eigenvalue weighted by Crippen LogP contribution is -2.26. The van der Waals surface area contributed by atoms with E-state index in [1.54, 1.807) is 24.3 Å². The van der Waals surface area contributed by atoms with Crippen molar-refractivity contribution in [3.05, 3.63) is 29.8 Å². The van der Waals surface area contributed by atoms with Gasteiger partial charge in [0.15, 0.2) is 0 Å². The number of rotatable bonds is 5. The van der Waals surface area contributed by atoms with E-state index in [1.807, 2.05) is 6.92 Å². The number of phenols is 1. The predicted molar refractivity (Wildman–Crippen MR) is 56.8 cm³/mol. The number of carbonyl (C=O) groups is 1. The molecule has 0 spiro atoms. The zero-order valence-corrected chi connectivity index (χ0v) is 8.60. The normalized spacial score (nSPS) is 12.3. The molecular formula is C11H15NO3. The molecule has 1 aromatic rings. The van der Waals surface area contributed by atoms with Gasteiger partial charge in [0.2, 0.25) is 0 Å². The molecule has 4 nitrogen and oxygen atoms in total. The number of hydrogen-bond acceptors (Lipinski definition) is 3. The molecule has 1 atom stereocenters. The smallest absolute Gasteiger partial charge is 0.317 e. The maximum absolute atomic E-state index is 10.4. The molecule has 0 heterocycles. The van der Waals surface area contributed by atoms with Crippen LogP contribution in [-0.2, 0) is 4.79 Å². The number of benzene rings is 1. The van der Waals surface area contributed by atoms with Crippen LogP contribution in [-0.4, -0.2) is 22.7 Å². The Morgan fingerprint density at radius 1 is 1.40 bits per heavy atom. The second-order valence-corrected chi connectivity index (χ2v) is 3.33. The van der Waals surface area contributed by atoms with Crippen LogP contribution in [0.4, 0.5) is 0 Å². The lowest BCUT2D eigenvalue weighted by Gasteiger charge is -2.15. The Hall–Kier alpha value is -1.55. The van der Waals surface area contributed by atoms with Crippen LogP contribution in [0.1, 0.15) is 24.9 Å². The summed E-state index contributed by atoms with van der Waals surface area (Å²) in [7, 11) is 0. The van der Waals surface area contributed by atoms with Gasteiger partial charge in [-0.1, -0.05) is 19.1 Å². The number of carboxylic acids is 1. The second-order valence-electron chi connectivity index (χ2n) is 3.33. The van der Waals surface area contributed by atoms with Gasteiger partial charge in [0.05, 0.1) is 6.54 Å². The van der Waals surface area contributed by atoms with E-state index < -0.39 is 5.97 Å². The van der Waals surface area contributed by atoms with Crippen molar-refractivity contribution in [3.8, 4) is 5.75 Å². The maximum Gasteiger partial charge on any atom is 0.317 e. The Balaban J connectivity index is 2.65. The molecule has 1 aromatic carbocycles. The fraction of sp³-hybridized carbons (Fsp3) is 0.364. The molecule has 4 heteroatoms. The standard InChI is InChI=1S/C11H15NO3/c1-2-10(12-7-11(14)15)8-3-5-9(13)6-4-8/h3-6,10,12-13H,2,7H2,1H3,(H,14,15). The summed E-state index contributed by atoms with van der Waals surface area (Å²) in [6.07, 6.45) is 0.804. The van der Waals surface area contributed by atoms with Gasteiger partial charge in [-0.25, -0.2) is 0 Å². The van der Waals surface area contributed by atoms with Crippen LogP contribution in [0.15, 0.2) is 24.3 Å². The molecular weight excluding hydrogens is 194 g/mol. The minimum absolute atomic E-state index is 0.0155. The zero-order chi connectivity index (χ0) is 11.3. The maximum atomic E-state index is 10.4. The van der Waals surface area contributed by atoms with E-state index in [9.17, 15) is 4.79 Å². The largest absolute Gasteiger partial charge is 0.508 e. The van der Waals surface area contributed by atoms with Crippen LogP contribution < -0.4 is 5.32 Å². The highest BCUT2D eigenvalue weighted by Gasteiger charge is 2.09. The van der Waals surface area contributed by atoms with Crippen LogP contribution in [0, 0.1) is 0 Å². The lowest BCUT2D eigenvalue weighted by atomic mass is 10.0. The van der Waals surface area contributed by atoms with E-state index in [0.717, 1.165) is 12.0 Å². The van der Waals surface area contributed by atoms with Gasteiger partial charge in [0.25, 0.3) is 0 Å². The summed E-state index contributed by atoms with van der Waals surface area (Å²) in [4.78, 5) is 10.4. The van der Waals surface area contributed by atoms with Gasteiger partial charge in [-0.15, -0.1) is 0 Å². The minimum atomic E-state index is -0.868. The van der Waals surface area contributed by atoms with Gasteiger partial charge in [-0.2, -0.15) is 0 Å². The topological polar surface area (TPSA) is 69.6 Å². The predicted octanol–water partition coefficient (Wildman–Crippen LogP) is 1.52. The molecule has 3 N–H and O–H groups in total. The van der Waals surface area contributed by atoms with Crippen molar-refractivity contribution in [2.75, 3.05) is 6.54 Å². The Kier molecular flexibility index (Phi) is 4.12. The highest BCUT2D eigenvalue weighted by Crippen LogP contribution is 2.18. The lowest BCUT2D eigenvalue weighted by molar-refractivity contribution is -0.136. The molecule has 1 unspecified atom stereocenters. The number of hydrogen-bond donors (Lipinski definition) is 3. The Morgan fingerprint density at radius 3 is 2.47 bits per heavy atom. The van der Waals surface area contributed by atoms with Gasteiger partial charge in [-0.05, 0) is 24.1 Å². The van der Waals surface area contributed by atoms with E-state index in [0.29, 0.717) is 0 Å². The molecule has 0 fully saturated rings. The van der Waals surface area contributed by atoms with Crippen LogP contribution >= 0.6 is 0 Å². The molecule has 0 saturated heterocycles. The van der Waals surface area contributed by atoms with Crippen LogP contribution in [0.2, 0.25) is 0 Å². The summed E-state index contributed by atoms with van der Waals surface area (Å²) in [5, 5.41) is 20.6. The van der Waals surface area contributed by atoms with Crippen molar-refractivity contribution < 1.29 is 15.0 Å². The summed E-state index contributed by atoms with van der Waals surface area (Å²) in [6.45, 7) is 1.92. The van der Waals surface area contributed by atoms with Crippen molar-refractivity contribution in [2.45, 2.75) is 19.4 Å². The summed E-state index contributed by atoms with van der Waals surface area (Å²) in [5.41, 5.74) is 0.983. The average Bonchev–Trinajstić information content (AvgIpc) is 2.21. The molecule has 15 heavy (non-hydrogen) atoms. The number of phenolic OH excluding ortho intramolecular Hbond substituents is 1. The molecule has 0 amide bonds. The Labute approximate surface area is 88.6 Å². The Morgan fingerprint density at radius 2 is 2.00 bits per heavy atom. The van der Waals surface area contributed by atoms with Gasteiger partial charge >= 0.3 is 5.97 Å². The number of nitrogens with one attached hydrogen (secondary N) is 1. The molecule has 0 aliphatic heterocycles. The SMILES string of the molecule is CCC(NCC(=O)O)c1ccc(O)cc1. The van der Waals surface area contributed by atoms with Crippen molar-refractivity contribution >= 4 is 5.97 Å². The third kappa shape index (κ3) is 3.59. The molecule has 0 saturated carbocycles. The van der Waals surface area contributed by atoms with E-state index in [2.05, 4.69) is 5.32 Å². The highest BCUT2D eigenvalue weighted by molar-refractivity contribution is 5.69. The van der Waals surface area contributed by atoms with Crippen LogP contribution in [0.5, 0.6) is 5.75 Å². The third-order valence-electron chi connectivity index (χ3n) is 2.20. The molecule has 0 aromatic heterocycles. The summed E-state index contributed by atoms with van der Waals surface area (Å²) in [5.74, 6) is -0.654. The number of aromatic hydroxyl groups is 1. The summed E-state index contributed by atoms with van der Waals surface area (Å²) in [6, 6.07) is 6.79. The van der Waals surface area contributed by atoms with E-state index >= 15 is 0 Å². The molecule has 1 rings (SSSR count). The first-order chi connectivity index (χ1) is 7.13. The number of carboxylic acid groups (broad SMARTS) is 1. The van der Waals surface area contributed by atoms with Gasteiger partial charge < -0.3 is 15.5 Å². The fourth-order valence-corrected chi connectivity index (χ4v) is 1.42. The zero-order valence-electron chi connectivity index (χ0n) is 8.60. The molecule has 82 valence electrons. The minimum Gasteiger partial charge on any atom is -0.508 e. The van der Waals surface area contributed by atoms with E-state index in [-0.39, 0.29) is 18.3 Å². The van der Waals surface area contributed by atoms with Gasteiger partial charge in [0.1, 0.15) is 5.75 Å². The monoisotopic (exact) mass is 209 g/mol. The quantitative estimate of drug-likeness (QED) is 0.687. The second kappa shape index (κ2) is 5.36. The van der Waals surface area contributed by atoms with Crippen LogP contribution in [0.25, 0.3) is 0 Å². The third-order valence-corrected chi connectivity index (χ3v) is 2.20. The van der Waals surface area contributed by atoms with Crippen molar-refractivity contribution in [1.29, 1.82) is 0 Å². The molecule has 0 aliphatic rings. The van der Waals surface area contributed by atoms with Crippen molar-refractivity contribution in [3.63, 3.8) is 0 Å². The first-order valence-corrected chi connectivity index (χ1v) is 4.87. The number of aliphatic carboxylic acids is 1. The average molecular weight is 209 g/mol. The van der Waals surface area contributed by atoms with E-state index in [4.69, 9.17) is 10.2 Å². The van der Waals surface area contributed by atoms with Crippen molar-refractivity contribution in [2.24, 2.45) is 0 Å². The first kappa shape index (κ1) is 11.5. The van der Waals surface area contributed by atoms with Crippen molar-refractivity contribution in [1.82, 2.24) is 5.32 Å². The highest BCUT2D eigenvalue weighted by atomic mass is 16.4. The van der Waals surface area contributed by atoms with E-state index in [1.165, 1.54) is 0 Å². The van der Waals surface area contributed by atoms with Gasteiger partial charge in [0, 0.05) is 6.04 Å². The first-order valence-electron chi connectivity index (χ1n) is 4.87. The Bertz CT molecular complexity index is 321. The fourth-order valence-electron chi connectivity index (χ4n) is 1.42. The summed E-state index contributed by atoms with van der Waals surface area (Å²) >= 11 is 0. The summed E-state index contributed by atoms with van der Waals surface area (Å²) < 4.78 is 0. The van der Waals surface area contributed by atoms with Gasteiger partial charge in [-0.3, -0.25) is 4.79 Å². The molecule has 0 bridgehead atoms. The molecule has 0 aliphatic carbocycles.